The third-order valence-corrected chi connectivity index (χ3v) is 4.58. The maximum atomic E-state index is 3.79. The van der Waals surface area contributed by atoms with E-state index in [1.54, 1.807) is 0 Å². The summed E-state index contributed by atoms with van der Waals surface area (Å²) in [5.41, 5.74) is 1.89. The molecule has 1 aromatic carbocycles. The first-order valence-electron chi connectivity index (χ1n) is 7.60. The lowest BCUT2D eigenvalue weighted by Crippen LogP contribution is -2.42. The highest BCUT2D eigenvalue weighted by molar-refractivity contribution is 5.18. The third kappa shape index (κ3) is 4.05. The van der Waals surface area contributed by atoms with Gasteiger partial charge >= 0.3 is 0 Å². The molecule has 0 spiro atoms. The maximum absolute atomic E-state index is 3.79. The molecule has 0 bridgehead atoms. The number of benzene rings is 1. The van der Waals surface area contributed by atoms with E-state index in [-0.39, 0.29) is 0 Å². The van der Waals surface area contributed by atoms with Crippen LogP contribution in [0, 0.1) is 5.41 Å². The highest BCUT2D eigenvalue weighted by Gasteiger charge is 2.29. The molecule has 1 heterocycles. The number of hydrogen-bond acceptors (Lipinski definition) is 2. The quantitative estimate of drug-likeness (QED) is 0.872. The largest absolute Gasteiger partial charge is 0.309 e. The van der Waals surface area contributed by atoms with Crippen LogP contribution in [0.2, 0.25) is 0 Å². The van der Waals surface area contributed by atoms with Crippen molar-refractivity contribution in [2.45, 2.75) is 39.2 Å². The summed E-state index contributed by atoms with van der Waals surface area (Å²) in [4.78, 5) is 2.44. The van der Waals surface area contributed by atoms with Gasteiger partial charge < -0.3 is 10.2 Å². The second-order valence-electron chi connectivity index (χ2n) is 6.37. The van der Waals surface area contributed by atoms with E-state index in [2.05, 4.69) is 61.4 Å². The standard InChI is InChI=1S/C17H28N2/c1-4-16(15-8-6-5-7-9-15)18-14-17(2)10-12-19(3)13-11-17/h5-9,16,18H,4,10-14H2,1-3H3. The van der Waals surface area contributed by atoms with Gasteiger partial charge in [0.05, 0.1) is 0 Å². The van der Waals surface area contributed by atoms with Gasteiger partial charge in [-0.15, -0.1) is 0 Å². The van der Waals surface area contributed by atoms with Crippen molar-refractivity contribution in [2.24, 2.45) is 5.41 Å². The van der Waals surface area contributed by atoms with Gasteiger partial charge in [0.25, 0.3) is 0 Å². The van der Waals surface area contributed by atoms with Gasteiger partial charge in [-0.2, -0.15) is 0 Å². The Labute approximate surface area is 118 Å². The highest BCUT2D eigenvalue weighted by atomic mass is 15.1. The molecule has 1 fully saturated rings. The molecule has 1 aliphatic heterocycles. The van der Waals surface area contributed by atoms with Crippen LogP contribution in [0.25, 0.3) is 0 Å². The molecule has 0 aliphatic carbocycles. The van der Waals surface area contributed by atoms with Gasteiger partial charge in [0.1, 0.15) is 0 Å². The Morgan fingerprint density at radius 1 is 1.21 bits per heavy atom. The second-order valence-corrected chi connectivity index (χ2v) is 6.37. The van der Waals surface area contributed by atoms with E-state index in [0.29, 0.717) is 11.5 Å². The fourth-order valence-electron chi connectivity index (χ4n) is 2.89. The third-order valence-electron chi connectivity index (χ3n) is 4.58. The van der Waals surface area contributed by atoms with Crippen molar-refractivity contribution in [3.8, 4) is 0 Å². The number of piperidine rings is 1. The minimum absolute atomic E-state index is 0.467. The Hall–Kier alpha value is -0.860. The average molecular weight is 260 g/mol. The minimum atomic E-state index is 0.467. The Morgan fingerprint density at radius 2 is 1.84 bits per heavy atom. The molecule has 2 heteroatoms. The van der Waals surface area contributed by atoms with Crippen LogP contribution in [-0.4, -0.2) is 31.6 Å². The Morgan fingerprint density at radius 3 is 2.42 bits per heavy atom. The maximum Gasteiger partial charge on any atom is 0.0317 e. The first-order valence-corrected chi connectivity index (χ1v) is 7.60. The van der Waals surface area contributed by atoms with Crippen LogP contribution in [0.15, 0.2) is 30.3 Å². The van der Waals surface area contributed by atoms with Gasteiger partial charge in [-0.05, 0) is 50.4 Å². The lowest BCUT2D eigenvalue weighted by molar-refractivity contribution is 0.133. The second kappa shape index (κ2) is 6.53. The molecule has 0 aromatic heterocycles. The first-order chi connectivity index (χ1) is 9.13. The predicted molar refractivity (Wildman–Crippen MR) is 82.3 cm³/mol. The molecular formula is C17H28N2. The number of nitrogens with one attached hydrogen (secondary N) is 1. The molecule has 106 valence electrons. The lowest BCUT2D eigenvalue weighted by atomic mass is 9.80. The van der Waals surface area contributed by atoms with Crippen LogP contribution >= 0.6 is 0 Å². The van der Waals surface area contributed by atoms with Gasteiger partial charge in [-0.3, -0.25) is 0 Å². The van der Waals surface area contributed by atoms with Crippen LogP contribution in [0.1, 0.15) is 44.7 Å². The van der Waals surface area contributed by atoms with E-state index < -0.39 is 0 Å². The molecule has 1 saturated heterocycles. The molecule has 19 heavy (non-hydrogen) atoms. The molecule has 1 N–H and O–H groups in total. The zero-order valence-corrected chi connectivity index (χ0v) is 12.7. The van der Waals surface area contributed by atoms with E-state index in [1.807, 2.05) is 0 Å². The lowest BCUT2D eigenvalue weighted by Gasteiger charge is -2.39. The van der Waals surface area contributed by atoms with Crippen molar-refractivity contribution in [3.63, 3.8) is 0 Å². The molecule has 1 aromatic rings. The minimum Gasteiger partial charge on any atom is -0.309 e. The van der Waals surface area contributed by atoms with E-state index >= 15 is 0 Å². The summed E-state index contributed by atoms with van der Waals surface area (Å²) < 4.78 is 0. The highest BCUT2D eigenvalue weighted by Crippen LogP contribution is 2.30. The van der Waals surface area contributed by atoms with E-state index in [9.17, 15) is 0 Å². The van der Waals surface area contributed by atoms with Crippen LogP contribution in [0.4, 0.5) is 0 Å². The zero-order valence-electron chi connectivity index (χ0n) is 12.7. The molecule has 0 amide bonds. The predicted octanol–water partition coefficient (Wildman–Crippen LogP) is 3.46. The van der Waals surface area contributed by atoms with Crippen molar-refractivity contribution in [2.75, 3.05) is 26.7 Å². The van der Waals surface area contributed by atoms with Crippen LogP contribution in [0.5, 0.6) is 0 Å². The van der Waals surface area contributed by atoms with Crippen molar-refractivity contribution < 1.29 is 0 Å². The van der Waals surface area contributed by atoms with E-state index in [0.717, 1.165) is 13.0 Å². The van der Waals surface area contributed by atoms with Crippen molar-refractivity contribution in [3.05, 3.63) is 35.9 Å². The van der Waals surface area contributed by atoms with Crippen molar-refractivity contribution in [1.29, 1.82) is 0 Å². The molecule has 1 atom stereocenters. The SMILES string of the molecule is CCC(NCC1(C)CCN(C)CC1)c1ccccc1. The van der Waals surface area contributed by atoms with Gasteiger partial charge in [-0.1, -0.05) is 44.2 Å². The topological polar surface area (TPSA) is 15.3 Å². The average Bonchev–Trinajstić information content (AvgIpc) is 2.44. The number of rotatable bonds is 5. The number of likely N-dealkylation sites (tertiary alicyclic amines) is 1. The molecule has 0 saturated carbocycles. The fourth-order valence-corrected chi connectivity index (χ4v) is 2.89. The van der Waals surface area contributed by atoms with Crippen molar-refractivity contribution in [1.82, 2.24) is 10.2 Å². The summed E-state index contributed by atoms with van der Waals surface area (Å²) in [6, 6.07) is 11.3. The monoisotopic (exact) mass is 260 g/mol. The van der Waals surface area contributed by atoms with Crippen LogP contribution in [0.3, 0.4) is 0 Å². The van der Waals surface area contributed by atoms with Crippen LogP contribution in [-0.2, 0) is 0 Å². The summed E-state index contributed by atoms with van der Waals surface area (Å²) in [7, 11) is 2.23. The summed E-state index contributed by atoms with van der Waals surface area (Å²) in [5, 5.41) is 3.79. The smallest absolute Gasteiger partial charge is 0.0317 e. The Balaban J connectivity index is 1.90. The van der Waals surface area contributed by atoms with Gasteiger partial charge in [0, 0.05) is 12.6 Å². The normalized spacial score (nSPS) is 21.2. The van der Waals surface area contributed by atoms with E-state index in [1.165, 1.54) is 31.5 Å². The number of nitrogens with zero attached hydrogens (tertiary/aromatic N) is 1. The summed E-state index contributed by atoms with van der Waals surface area (Å²) >= 11 is 0. The summed E-state index contributed by atoms with van der Waals surface area (Å²) in [6.45, 7) is 8.31. The van der Waals surface area contributed by atoms with Gasteiger partial charge in [0.15, 0.2) is 0 Å². The molecule has 1 unspecified atom stereocenters. The molecule has 2 rings (SSSR count). The Kier molecular flexibility index (Phi) is 5.00. The molecule has 1 aliphatic rings. The van der Waals surface area contributed by atoms with Gasteiger partial charge in [0.2, 0.25) is 0 Å². The zero-order chi connectivity index (χ0) is 13.7. The Bertz CT molecular complexity index is 366. The van der Waals surface area contributed by atoms with Crippen LogP contribution < -0.4 is 5.32 Å². The molecule has 2 nitrogen and oxygen atoms in total. The first kappa shape index (κ1) is 14.5. The van der Waals surface area contributed by atoms with Gasteiger partial charge in [-0.25, -0.2) is 0 Å². The summed E-state index contributed by atoms with van der Waals surface area (Å²) in [5.74, 6) is 0. The molecular weight excluding hydrogens is 232 g/mol. The van der Waals surface area contributed by atoms with E-state index in [4.69, 9.17) is 0 Å². The summed E-state index contributed by atoms with van der Waals surface area (Å²) in [6.07, 6.45) is 3.77. The number of hydrogen-bond donors (Lipinski definition) is 1. The molecule has 0 radical (unpaired) electrons. The van der Waals surface area contributed by atoms with Crippen molar-refractivity contribution >= 4 is 0 Å². The fraction of sp³-hybridized carbons (Fsp3) is 0.647.